The summed E-state index contributed by atoms with van der Waals surface area (Å²) >= 11 is 6.32. The molecule has 1 aromatic heterocycles. The maximum absolute atomic E-state index is 13.1. The molecule has 0 atom stereocenters. The summed E-state index contributed by atoms with van der Waals surface area (Å²) < 4.78 is 41.4. The second kappa shape index (κ2) is 7.37. The van der Waals surface area contributed by atoms with E-state index in [0.29, 0.717) is 18.1 Å². The van der Waals surface area contributed by atoms with Crippen molar-refractivity contribution >= 4 is 23.5 Å². The molecule has 2 aromatic rings. The third-order valence-corrected chi connectivity index (χ3v) is 9.23. The van der Waals surface area contributed by atoms with Gasteiger partial charge in [-0.15, -0.1) is 10.2 Å². The molecule has 7 nitrogen and oxygen atoms in total. The van der Waals surface area contributed by atoms with Crippen LogP contribution in [-0.4, -0.2) is 68.9 Å². The van der Waals surface area contributed by atoms with Crippen LogP contribution >= 0.6 is 11.6 Å². The summed E-state index contributed by atoms with van der Waals surface area (Å²) in [6, 6.07) is 5.54. The number of benzene rings is 1. The fourth-order valence-corrected chi connectivity index (χ4v) is 6.62. The molecule has 4 heterocycles. The molecule has 11 heteroatoms. The number of nitrogens with zero attached hydrogens (tertiary/aromatic N) is 6. The average molecular weight is 521 g/mol. The van der Waals surface area contributed by atoms with Gasteiger partial charge in [0, 0.05) is 54.6 Å². The van der Waals surface area contributed by atoms with Gasteiger partial charge in [-0.25, -0.2) is 0 Å². The van der Waals surface area contributed by atoms with Crippen molar-refractivity contribution in [2.24, 2.45) is 16.7 Å². The van der Waals surface area contributed by atoms with Crippen LogP contribution in [0, 0.1) is 16.7 Å². The zero-order chi connectivity index (χ0) is 25.0. The summed E-state index contributed by atoms with van der Waals surface area (Å²) in [5, 5.41) is 9.60. The van der Waals surface area contributed by atoms with Gasteiger partial charge < -0.3 is 9.80 Å². The molecule has 192 valence electrons. The van der Waals surface area contributed by atoms with Crippen LogP contribution in [0.15, 0.2) is 18.2 Å². The monoisotopic (exact) mass is 520 g/mol. The second-order valence-corrected chi connectivity index (χ2v) is 12.3. The number of hydrogen-bond acceptors (Lipinski definition) is 5. The molecule has 4 fully saturated rings. The summed E-state index contributed by atoms with van der Waals surface area (Å²) in [6.45, 7) is 6.23. The lowest BCUT2D eigenvalue weighted by molar-refractivity contribution is -0.207. The van der Waals surface area contributed by atoms with Gasteiger partial charge in [0.05, 0.1) is 18.2 Å². The summed E-state index contributed by atoms with van der Waals surface area (Å²) in [7, 11) is 0. The predicted octanol–water partition coefficient (Wildman–Crippen LogP) is 4.03. The maximum atomic E-state index is 13.1. The van der Waals surface area contributed by atoms with E-state index < -0.39 is 12.1 Å². The van der Waals surface area contributed by atoms with Crippen LogP contribution in [0.4, 0.5) is 19.1 Å². The number of rotatable bonds is 3. The first-order valence-corrected chi connectivity index (χ1v) is 13.0. The molecular formula is C25H28ClF3N6O. The Labute approximate surface area is 212 Å². The largest absolute Gasteiger partial charge is 0.391 e. The molecule has 2 saturated carbocycles. The van der Waals surface area contributed by atoms with Crippen molar-refractivity contribution in [2.75, 3.05) is 31.1 Å². The van der Waals surface area contributed by atoms with Crippen LogP contribution in [0.3, 0.4) is 0 Å². The molecule has 36 heavy (non-hydrogen) atoms. The molecule has 0 radical (unpaired) electrons. The minimum Gasteiger partial charge on any atom is -0.341 e. The molecule has 1 spiro atoms. The van der Waals surface area contributed by atoms with Gasteiger partial charge in [-0.2, -0.15) is 13.2 Å². The fraction of sp³-hybridized carbons (Fsp3) is 0.640. The second-order valence-electron chi connectivity index (χ2n) is 11.9. The number of anilines is 1. The number of hydrogen-bond donors (Lipinski definition) is 0. The first-order chi connectivity index (χ1) is 17.0. The van der Waals surface area contributed by atoms with Crippen LogP contribution in [0.2, 0.25) is 5.02 Å². The molecular weight excluding hydrogens is 493 g/mol. The Kier molecular flexibility index (Phi) is 4.68. The summed E-state index contributed by atoms with van der Waals surface area (Å²) in [5.41, 5.74) is 1.88. The number of amides is 1. The molecule has 7 rings (SSSR count). The van der Waals surface area contributed by atoms with E-state index in [1.54, 1.807) is 0 Å². The van der Waals surface area contributed by atoms with Gasteiger partial charge >= 0.3 is 6.18 Å². The van der Waals surface area contributed by atoms with E-state index in [9.17, 15) is 18.0 Å². The van der Waals surface area contributed by atoms with Crippen LogP contribution in [-0.2, 0) is 17.9 Å². The third kappa shape index (κ3) is 3.47. The zero-order valence-electron chi connectivity index (χ0n) is 20.1. The first kappa shape index (κ1) is 22.8. The topological polar surface area (TPSA) is 57.5 Å². The number of halogens is 4. The highest BCUT2D eigenvalue weighted by Gasteiger charge is 2.58. The lowest BCUT2D eigenvalue weighted by atomic mass is 9.72. The van der Waals surface area contributed by atoms with Gasteiger partial charge in [0.25, 0.3) is 0 Å². The van der Waals surface area contributed by atoms with E-state index >= 15 is 0 Å². The fourth-order valence-electron chi connectivity index (χ4n) is 6.42. The molecule has 2 aliphatic carbocycles. The Balaban J connectivity index is 1.11. The van der Waals surface area contributed by atoms with E-state index in [2.05, 4.69) is 26.9 Å². The van der Waals surface area contributed by atoms with Crippen molar-refractivity contribution in [2.45, 2.75) is 57.9 Å². The van der Waals surface area contributed by atoms with Crippen LogP contribution in [0.1, 0.15) is 44.0 Å². The van der Waals surface area contributed by atoms with Gasteiger partial charge in [0.1, 0.15) is 0 Å². The summed E-state index contributed by atoms with van der Waals surface area (Å²) in [5.74, 6) is 0.542. The average Bonchev–Trinajstić information content (AvgIpc) is 3.37. The number of fused-ring (bicyclic) bond motifs is 3. The Morgan fingerprint density at radius 3 is 2.47 bits per heavy atom. The Morgan fingerprint density at radius 2 is 1.81 bits per heavy atom. The standard InChI is InChI=1S/C25H28ClF3N6O/c1-23(4-5-23)21(36)33-11-24(12-33)13-34(14-24)22-31-30-20-10-32(18-7-16(8-18)25(27,28)29)9-15-6-17(26)2-3-19(15)35(20)22/h2-3,6,16,18H,4-5,7-14H2,1H3. The van der Waals surface area contributed by atoms with Crippen molar-refractivity contribution in [1.82, 2.24) is 24.6 Å². The maximum Gasteiger partial charge on any atom is 0.391 e. The zero-order valence-corrected chi connectivity index (χ0v) is 20.8. The third-order valence-electron chi connectivity index (χ3n) is 9.00. The minimum absolute atomic E-state index is 0.114. The van der Waals surface area contributed by atoms with Crippen molar-refractivity contribution in [3.63, 3.8) is 0 Å². The Bertz CT molecular complexity index is 1240. The molecule has 0 unspecified atom stereocenters. The molecule has 3 aliphatic heterocycles. The van der Waals surface area contributed by atoms with E-state index in [0.717, 1.165) is 62.0 Å². The van der Waals surface area contributed by atoms with Crippen molar-refractivity contribution < 1.29 is 18.0 Å². The SMILES string of the molecule is CC1(C(=O)N2CC3(C2)CN(c2nnc4n2-c2ccc(Cl)cc2CN(C2CC(C(F)(F)F)C2)C4)C3)CC1. The molecule has 5 aliphatic rings. The van der Waals surface area contributed by atoms with Gasteiger partial charge in [-0.3, -0.25) is 14.3 Å². The van der Waals surface area contributed by atoms with E-state index in [1.165, 1.54) is 0 Å². The normalized spacial score (nSPS) is 27.9. The molecule has 1 amide bonds. The summed E-state index contributed by atoms with van der Waals surface area (Å²) in [4.78, 5) is 18.9. The number of aromatic nitrogens is 3. The van der Waals surface area contributed by atoms with Crippen LogP contribution in [0.25, 0.3) is 5.69 Å². The van der Waals surface area contributed by atoms with Gasteiger partial charge in [-0.05, 0) is 49.4 Å². The number of carbonyl (C=O) groups is 1. The molecule has 1 aromatic carbocycles. The number of likely N-dealkylation sites (tertiary alicyclic amines) is 1. The highest BCUT2D eigenvalue weighted by Crippen LogP contribution is 2.51. The molecule has 0 bridgehead atoms. The van der Waals surface area contributed by atoms with Crippen molar-refractivity contribution in [3.05, 3.63) is 34.6 Å². The van der Waals surface area contributed by atoms with Crippen molar-refractivity contribution in [3.8, 4) is 5.69 Å². The van der Waals surface area contributed by atoms with E-state index in [-0.39, 0.29) is 35.6 Å². The molecule has 0 N–H and O–H groups in total. The quantitative estimate of drug-likeness (QED) is 0.612. The Morgan fingerprint density at radius 1 is 1.08 bits per heavy atom. The molecule has 2 saturated heterocycles. The number of alkyl halides is 3. The lowest BCUT2D eigenvalue weighted by Gasteiger charge is -2.60. The highest BCUT2D eigenvalue weighted by molar-refractivity contribution is 6.30. The summed E-state index contributed by atoms with van der Waals surface area (Å²) in [6.07, 6.45) is -1.92. The lowest BCUT2D eigenvalue weighted by Crippen LogP contribution is -2.73. The van der Waals surface area contributed by atoms with Gasteiger partial charge in [-0.1, -0.05) is 18.5 Å². The minimum atomic E-state index is -4.14. The van der Waals surface area contributed by atoms with Crippen LogP contribution < -0.4 is 4.90 Å². The van der Waals surface area contributed by atoms with Crippen molar-refractivity contribution in [1.29, 1.82) is 0 Å². The van der Waals surface area contributed by atoms with E-state index in [1.807, 2.05) is 27.7 Å². The van der Waals surface area contributed by atoms with E-state index in [4.69, 9.17) is 11.6 Å². The van der Waals surface area contributed by atoms with Gasteiger partial charge in [0.2, 0.25) is 11.9 Å². The number of carbonyl (C=O) groups excluding carboxylic acids is 1. The smallest absolute Gasteiger partial charge is 0.341 e. The predicted molar refractivity (Wildman–Crippen MR) is 127 cm³/mol. The van der Waals surface area contributed by atoms with Gasteiger partial charge in [0.15, 0.2) is 5.82 Å². The first-order valence-electron chi connectivity index (χ1n) is 12.6. The van der Waals surface area contributed by atoms with Crippen LogP contribution in [0.5, 0.6) is 0 Å². The highest BCUT2D eigenvalue weighted by atomic mass is 35.5. The Hall–Kier alpha value is -2.33.